The molecule has 10 nitrogen and oxygen atoms in total. The standard InChI is InChI=1S/C30H32N8O2/c1-21-27(23-17-32-29-31-13-14-37(29)18-23)35-38(24-11-7-4-8-12-24)28(21)34-30(39)33-26-20-36(15-16-40-2)19-25(26)22-9-5-3-6-10-22/h3-14,17-18,25-26H,15-16,19-20H2,1-2H3,(H2,33,34,39)/t25-,26+/m0/s1. The van der Waals surface area contributed by atoms with Gasteiger partial charge in [-0.2, -0.15) is 5.10 Å². The maximum absolute atomic E-state index is 13.6. The van der Waals surface area contributed by atoms with Gasteiger partial charge in [-0.15, -0.1) is 0 Å². The van der Waals surface area contributed by atoms with E-state index in [1.54, 1.807) is 24.2 Å². The minimum Gasteiger partial charge on any atom is -0.383 e. The molecule has 2 N–H and O–H groups in total. The van der Waals surface area contributed by atoms with Crippen LogP contribution in [0.15, 0.2) is 85.5 Å². The molecule has 1 fully saturated rings. The summed E-state index contributed by atoms with van der Waals surface area (Å²) in [7, 11) is 1.71. The molecule has 1 saturated heterocycles. The largest absolute Gasteiger partial charge is 0.383 e. The average molecular weight is 537 g/mol. The SMILES string of the molecule is COCCN1C[C@@H](NC(=O)Nc2c(C)c(-c3cnc4nccn4c3)nn2-c2ccccc2)[C@H](c2ccccc2)C1. The number of urea groups is 1. The number of imidazole rings is 1. The van der Waals surface area contributed by atoms with Crippen LogP contribution in [-0.4, -0.2) is 74.5 Å². The van der Waals surface area contributed by atoms with Crippen LogP contribution in [0.5, 0.6) is 0 Å². The number of ether oxygens (including phenoxy) is 1. The van der Waals surface area contributed by atoms with E-state index in [4.69, 9.17) is 9.84 Å². The summed E-state index contributed by atoms with van der Waals surface area (Å²) in [5, 5.41) is 11.3. The fourth-order valence-electron chi connectivity index (χ4n) is 5.40. The Labute approximate surface area is 232 Å². The summed E-state index contributed by atoms with van der Waals surface area (Å²) in [6, 6.07) is 19.8. The third-order valence-electron chi connectivity index (χ3n) is 7.43. The van der Waals surface area contributed by atoms with Crippen LogP contribution in [0, 0.1) is 6.92 Å². The Morgan fingerprint density at radius 2 is 1.82 bits per heavy atom. The van der Waals surface area contributed by atoms with E-state index in [1.807, 2.05) is 72.2 Å². The normalized spacial score (nSPS) is 17.4. The molecular weight excluding hydrogens is 504 g/mol. The summed E-state index contributed by atoms with van der Waals surface area (Å²) in [5.41, 5.74) is 4.46. The molecule has 1 aliphatic rings. The fraction of sp³-hybridized carbons (Fsp3) is 0.267. The van der Waals surface area contributed by atoms with Gasteiger partial charge in [0.2, 0.25) is 5.78 Å². The molecule has 6 rings (SSSR count). The predicted molar refractivity (Wildman–Crippen MR) is 154 cm³/mol. The highest BCUT2D eigenvalue weighted by molar-refractivity contribution is 5.91. The zero-order valence-electron chi connectivity index (χ0n) is 22.6. The van der Waals surface area contributed by atoms with Gasteiger partial charge in [-0.05, 0) is 24.6 Å². The van der Waals surface area contributed by atoms with Crippen molar-refractivity contribution in [2.75, 3.05) is 38.7 Å². The lowest BCUT2D eigenvalue weighted by Gasteiger charge is -2.21. The van der Waals surface area contributed by atoms with E-state index in [0.29, 0.717) is 18.2 Å². The number of para-hydroxylation sites is 1. The van der Waals surface area contributed by atoms with Crippen LogP contribution in [-0.2, 0) is 4.74 Å². The summed E-state index contributed by atoms with van der Waals surface area (Å²) in [5.74, 6) is 1.40. The van der Waals surface area contributed by atoms with Crippen LogP contribution in [0.4, 0.5) is 10.6 Å². The van der Waals surface area contributed by atoms with Crippen LogP contribution in [0.2, 0.25) is 0 Å². The number of nitrogens with zero attached hydrogens (tertiary/aromatic N) is 6. The van der Waals surface area contributed by atoms with Gasteiger partial charge in [-0.1, -0.05) is 48.5 Å². The van der Waals surface area contributed by atoms with Crippen molar-refractivity contribution < 1.29 is 9.53 Å². The van der Waals surface area contributed by atoms with Crippen molar-refractivity contribution in [1.82, 2.24) is 34.4 Å². The second-order valence-electron chi connectivity index (χ2n) is 10.0. The Kier molecular flexibility index (Phi) is 7.26. The lowest BCUT2D eigenvalue weighted by atomic mass is 9.94. The lowest BCUT2D eigenvalue weighted by molar-refractivity contribution is 0.159. The maximum Gasteiger partial charge on any atom is 0.320 e. The predicted octanol–water partition coefficient (Wildman–Crippen LogP) is 4.13. The molecule has 0 radical (unpaired) electrons. The molecule has 0 spiro atoms. The van der Waals surface area contributed by atoms with Gasteiger partial charge < -0.3 is 10.1 Å². The molecule has 204 valence electrons. The summed E-state index contributed by atoms with van der Waals surface area (Å²) >= 11 is 0. The Hall–Kier alpha value is -4.54. The number of hydrogen-bond donors (Lipinski definition) is 2. The van der Waals surface area contributed by atoms with Crippen LogP contribution in [0.25, 0.3) is 22.7 Å². The van der Waals surface area contributed by atoms with E-state index in [9.17, 15) is 4.79 Å². The van der Waals surface area contributed by atoms with Crippen molar-refractivity contribution in [3.8, 4) is 16.9 Å². The molecule has 10 heteroatoms. The zero-order chi connectivity index (χ0) is 27.5. The number of hydrogen-bond acceptors (Lipinski definition) is 6. The summed E-state index contributed by atoms with van der Waals surface area (Å²) < 4.78 is 8.94. The van der Waals surface area contributed by atoms with E-state index in [-0.39, 0.29) is 18.0 Å². The van der Waals surface area contributed by atoms with Crippen molar-refractivity contribution in [2.24, 2.45) is 0 Å². The maximum atomic E-state index is 13.6. The number of benzene rings is 2. The number of rotatable bonds is 8. The molecule has 2 aromatic carbocycles. The number of methoxy groups -OCH3 is 1. The monoisotopic (exact) mass is 536 g/mol. The van der Waals surface area contributed by atoms with Crippen molar-refractivity contribution in [2.45, 2.75) is 18.9 Å². The van der Waals surface area contributed by atoms with Gasteiger partial charge in [0.05, 0.1) is 18.3 Å². The van der Waals surface area contributed by atoms with E-state index in [2.05, 4.69) is 37.6 Å². The van der Waals surface area contributed by atoms with Crippen molar-refractivity contribution >= 4 is 17.6 Å². The molecule has 1 aliphatic heterocycles. The molecule has 0 saturated carbocycles. The Balaban J connectivity index is 1.29. The molecule has 2 atom stereocenters. The van der Waals surface area contributed by atoms with E-state index in [1.165, 1.54) is 5.56 Å². The zero-order valence-corrected chi connectivity index (χ0v) is 22.6. The molecule has 3 aromatic heterocycles. The number of nitrogens with one attached hydrogen (secondary N) is 2. The topological polar surface area (TPSA) is 102 Å². The minimum atomic E-state index is -0.269. The molecule has 4 heterocycles. The van der Waals surface area contributed by atoms with E-state index in [0.717, 1.165) is 42.1 Å². The van der Waals surface area contributed by atoms with Gasteiger partial charge in [0.25, 0.3) is 0 Å². The Bertz CT molecular complexity index is 1600. The van der Waals surface area contributed by atoms with Gasteiger partial charge in [0.1, 0.15) is 11.5 Å². The van der Waals surface area contributed by atoms with Gasteiger partial charge >= 0.3 is 6.03 Å². The number of carbonyl (C=O) groups excluding carboxylic acids is 1. The lowest BCUT2D eigenvalue weighted by Crippen LogP contribution is -2.42. The first-order valence-electron chi connectivity index (χ1n) is 13.4. The minimum absolute atomic E-state index is 0.0556. The van der Waals surface area contributed by atoms with E-state index >= 15 is 0 Å². The molecule has 0 aliphatic carbocycles. The van der Waals surface area contributed by atoms with Crippen molar-refractivity contribution in [3.63, 3.8) is 0 Å². The Morgan fingerprint density at radius 3 is 2.60 bits per heavy atom. The first kappa shape index (κ1) is 25.7. The first-order valence-corrected chi connectivity index (χ1v) is 13.4. The summed E-state index contributed by atoms with van der Waals surface area (Å²) in [6.07, 6.45) is 7.26. The van der Waals surface area contributed by atoms with Gasteiger partial charge in [-0.3, -0.25) is 14.6 Å². The molecule has 2 amide bonds. The van der Waals surface area contributed by atoms with Crippen LogP contribution in [0.3, 0.4) is 0 Å². The highest BCUT2D eigenvalue weighted by Gasteiger charge is 2.35. The molecule has 0 bridgehead atoms. The Morgan fingerprint density at radius 1 is 1.05 bits per heavy atom. The van der Waals surface area contributed by atoms with Crippen LogP contribution in [0.1, 0.15) is 17.0 Å². The number of anilines is 1. The number of likely N-dealkylation sites (tertiary alicyclic amines) is 1. The molecule has 5 aromatic rings. The van der Waals surface area contributed by atoms with Gasteiger partial charge in [0.15, 0.2) is 0 Å². The van der Waals surface area contributed by atoms with Crippen LogP contribution < -0.4 is 10.6 Å². The second-order valence-corrected chi connectivity index (χ2v) is 10.0. The third kappa shape index (κ3) is 5.18. The second kappa shape index (κ2) is 11.3. The van der Waals surface area contributed by atoms with Gasteiger partial charge in [0, 0.05) is 68.6 Å². The van der Waals surface area contributed by atoms with E-state index < -0.39 is 0 Å². The molecule has 0 unspecified atom stereocenters. The highest BCUT2D eigenvalue weighted by Crippen LogP contribution is 2.31. The first-order chi connectivity index (χ1) is 19.6. The molecule has 40 heavy (non-hydrogen) atoms. The number of aromatic nitrogens is 5. The number of fused-ring (bicyclic) bond motifs is 1. The fourth-order valence-corrected chi connectivity index (χ4v) is 5.40. The summed E-state index contributed by atoms with van der Waals surface area (Å²) in [4.78, 5) is 24.6. The highest BCUT2D eigenvalue weighted by atomic mass is 16.5. The smallest absolute Gasteiger partial charge is 0.320 e. The molecular formula is C30H32N8O2. The summed E-state index contributed by atoms with van der Waals surface area (Å²) in [6.45, 7) is 5.03. The third-order valence-corrected chi connectivity index (χ3v) is 7.43. The number of amides is 2. The van der Waals surface area contributed by atoms with Crippen molar-refractivity contribution in [3.05, 3.63) is 96.6 Å². The average Bonchev–Trinajstić information content (AvgIpc) is 3.70. The number of carbonyl (C=O) groups is 1. The van der Waals surface area contributed by atoms with Gasteiger partial charge in [-0.25, -0.2) is 19.4 Å². The van der Waals surface area contributed by atoms with Crippen LogP contribution >= 0.6 is 0 Å². The van der Waals surface area contributed by atoms with Crippen molar-refractivity contribution in [1.29, 1.82) is 0 Å². The quantitative estimate of drug-likeness (QED) is 0.309.